The van der Waals surface area contributed by atoms with Gasteiger partial charge in [0, 0.05) is 11.4 Å². The van der Waals surface area contributed by atoms with Crippen molar-refractivity contribution in [1.82, 2.24) is 0 Å². The zero-order valence-corrected chi connectivity index (χ0v) is 12.2. The number of nitriles is 1. The molecule has 5 heteroatoms. The SMILES string of the molecule is COc1cc(CCl)ccc1OCc1ccc(C#N)cc1F. The monoisotopic (exact) mass is 305 g/mol. The van der Waals surface area contributed by atoms with Crippen LogP contribution in [0.5, 0.6) is 11.5 Å². The number of nitrogens with zero attached hydrogens (tertiary/aromatic N) is 1. The van der Waals surface area contributed by atoms with Crippen LogP contribution in [0.1, 0.15) is 16.7 Å². The van der Waals surface area contributed by atoms with E-state index < -0.39 is 5.82 Å². The van der Waals surface area contributed by atoms with Crippen LogP contribution in [0.15, 0.2) is 36.4 Å². The van der Waals surface area contributed by atoms with Gasteiger partial charge in [0.25, 0.3) is 0 Å². The number of hydrogen-bond acceptors (Lipinski definition) is 3. The fourth-order valence-electron chi connectivity index (χ4n) is 1.80. The minimum Gasteiger partial charge on any atom is -0.493 e. The summed E-state index contributed by atoms with van der Waals surface area (Å²) in [6.07, 6.45) is 0. The molecule has 0 aliphatic carbocycles. The second-order valence-corrected chi connectivity index (χ2v) is 4.59. The second kappa shape index (κ2) is 6.96. The fourth-order valence-corrected chi connectivity index (χ4v) is 1.97. The molecule has 0 bridgehead atoms. The minimum absolute atomic E-state index is 0.0497. The molecule has 0 radical (unpaired) electrons. The number of rotatable bonds is 5. The summed E-state index contributed by atoms with van der Waals surface area (Å²) >= 11 is 5.76. The fraction of sp³-hybridized carbons (Fsp3) is 0.188. The van der Waals surface area contributed by atoms with Crippen LogP contribution in [0.3, 0.4) is 0 Å². The lowest BCUT2D eigenvalue weighted by Crippen LogP contribution is -2.01. The van der Waals surface area contributed by atoms with Gasteiger partial charge in [-0.05, 0) is 29.8 Å². The smallest absolute Gasteiger partial charge is 0.161 e. The number of benzene rings is 2. The molecule has 0 saturated heterocycles. The molecule has 0 aliphatic heterocycles. The molecule has 3 nitrogen and oxygen atoms in total. The molecule has 0 heterocycles. The first-order chi connectivity index (χ1) is 10.2. The number of ether oxygens (including phenoxy) is 2. The first kappa shape index (κ1) is 15.1. The molecule has 0 saturated carbocycles. The van der Waals surface area contributed by atoms with Gasteiger partial charge in [-0.3, -0.25) is 0 Å². The summed E-state index contributed by atoms with van der Waals surface area (Å²) in [5.74, 6) is 0.962. The Kier molecular flexibility index (Phi) is 5.02. The maximum Gasteiger partial charge on any atom is 0.161 e. The van der Waals surface area contributed by atoms with Crippen LogP contribution in [-0.2, 0) is 12.5 Å². The molecule has 2 rings (SSSR count). The zero-order valence-electron chi connectivity index (χ0n) is 11.4. The lowest BCUT2D eigenvalue weighted by Gasteiger charge is -2.12. The summed E-state index contributed by atoms with van der Waals surface area (Å²) in [5.41, 5.74) is 1.56. The standard InChI is InChI=1S/C16H13ClFNO2/c1-20-16-7-11(8-17)3-5-15(16)21-10-13-4-2-12(9-19)6-14(13)18/h2-7H,8,10H2,1H3. The Morgan fingerprint density at radius 3 is 2.62 bits per heavy atom. The van der Waals surface area contributed by atoms with Crippen LogP contribution in [0, 0.1) is 17.1 Å². The quantitative estimate of drug-likeness (QED) is 0.783. The van der Waals surface area contributed by atoms with E-state index in [1.165, 1.54) is 19.2 Å². The third kappa shape index (κ3) is 3.65. The zero-order chi connectivity index (χ0) is 15.2. The van der Waals surface area contributed by atoms with E-state index in [-0.39, 0.29) is 12.2 Å². The van der Waals surface area contributed by atoms with Gasteiger partial charge in [-0.1, -0.05) is 12.1 Å². The van der Waals surface area contributed by atoms with Crippen LogP contribution in [-0.4, -0.2) is 7.11 Å². The van der Waals surface area contributed by atoms with Gasteiger partial charge >= 0.3 is 0 Å². The molecule has 0 aliphatic rings. The summed E-state index contributed by atoms with van der Waals surface area (Å²) in [4.78, 5) is 0. The van der Waals surface area contributed by atoms with Crippen molar-refractivity contribution < 1.29 is 13.9 Å². The molecule has 108 valence electrons. The highest BCUT2D eigenvalue weighted by molar-refractivity contribution is 6.17. The van der Waals surface area contributed by atoms with Crippen molar-refractivity contribution in [3.8, 4) is 17.6 Å². The van der Waals surface area contributed by atoms with Gasteiger partial charge in [-0.2, -0.15) is 5.26 Å². The van der Waals surface area contributed by atoms with E-state index in [4.69, 9.17) is 26.3 Å². The van der Waals surface area contributed by atoms with E-state index in [1.54, 1.807) is 18.2 Å². The summed E-state index contributed by atoms with van der Waals surface area (Å²) in [6, 6.07) is 11.5. The first-order valence-electron chi connectivity index (χ1n) is 6.22. The van der Waals surface area contributed by atoms with Crippen molar-refractivity contribution in [2.45, 2.75) is 12.5 Å². The van der Waals surface area contributed by atoms with E-state index in [0.29, 0.717) is 22.9 Å². The van der Waals surface area contributed by atoms with E-state index >= 15 is 0 Å². The van der Waals surface area contributed by atoms with Crippen molar-refractivity contribution in [3.05, 3.63) is 58.9 Å². The topological polar surface area (TPSA) is 42.2 Å². The summed E-state index contributed by atoms with van der Waals surface area (Å²) in [5, 5.41) is 8.70. The molecule has 0 atom stereocenters. The highest BCUT2D eigenvalue weighted by atomic mass is 35.5. The van der Waals surface area contributed by atoms with Gasteiger partial charge in [0.15, 0.2) is 11.5 Å². The van der Waals surface area contributed by atoms with Gasteiger partial charge in [-0.25, -0.2) is 4.39 Å². The predicted molar refractivity (Wildman–Crippen MR) is 78.0 cm³/mol. The molecule has 21 heavy (non-hydrogen) atoms. The molecule has 0 spiro atoms. The molecule has 0 N–H and O–H groups in total. The van der Waals surface area contributed by atoms with E-state index in [1.807, 2.05) is 12.1 Å². The van der Waals surface area contributed by atoms with Crippen LogP contribution in [0.25, 0.3) is 0 Å². The molecule has 0 unspecified atom stereocenters. The number of methoxy groups -OCH3 is 1. The number of alkyl halides is 1. The Morgan fingerprint density at radius 1 is 1.19 bits per heavy atom. The molecule has 2 aromatic carbocycles. The molecule has 2 aromatic rings. The average Bonchev–Trinajstić information content (AvgIpc) is 2.53. The second-order valence-electron chi connectivity index (χ2n) is 4.33. The largest absolute Gasteiger partial charge is 0.493 e. The third-order valence-corrected chi connectivity index (χ3v) is 3.26. The van der Waals surface area contributed by atoms with Crippen molar-refractivity contribution in [2.24, 2.45) is 0 Å². The van der Waals surface area contributed by atoms with Gasteiger partial charge in [-0.15, -0.1) is 11.6 Å². The minimum atomic E-state index is -0.467. The molecular formula is C16H13ClFNO2. The summed E-state index contributed by atoms with van der Waals surface area (Å²) in [6.45, 7) is 0.0497. The van der Waals surface area contributed by atoms with E-state index in [0.717, 1.165) is 5.56 Å². The van der Waals surface area contributed by atoms with Crippen LogP contribution >= 0.6 is 11.6 Å². The summed E-state index contributed by atoms with van der Waals surface area (Å²) in [7, 11) is 1.53. The molecular weight excluding hydrogens is 293 g/mol. The Bertz CT molecular complexity index is 682. The van der Waals surface area contributed by atoms with Crippen molar-refractivity contribution in [2.75, 3.05) is 7.11 Å². The Balaban J connectivity index is 2.15. The van der Waals surface area contributed by atoms with Crippen molar-refractivity contribution in [3.63, 3.8) is 0 Å². The number of halogens is 2. The maximum atomic E-state index is 13.8. The Morgan fingerprint density at radius 2 is 2.00 bits per heavy atom. The normalized spacial score (nSPS) is 10.0. The van der Waals surface area contributed by atoms with Crippen LogP contribution in [0.4, 0.5) is 4.39 Å². The predicted octanol–water partition coefficient (Wildman–Crippen LogP) is 4.02. The highest BCUT2D eigenvalue weighted by Gasteiger charge is 2.08. The van der Waals surface area contributed by atoms with E-state index in [9.17, 15) is 4.39 Å². The van der Waals surface area contributed by atoms with Gasteiger partial charge < -0.3 is 9.47 Å². The summed E-state index contributed by atoms with van der Waals surface area (Å²) < 4.78 is 24.6. The Labute approximate surface area is 127 Å². The molecule has 0 amide bonds. The van der Waals surface area contributed by atoms with E-state index in [2.05, 4.69) is 0 Å². The van der Waals surface area contributed by atoms with Crippen molar-refractivity contribution >= 4 is 11.6 Å². The average molecular weight is 306 g/mol. The lowest BCUT2D eigenvalue weighted by molar-refractivity contribution is 0.279. The third-order valence-electron chi connectivity index (χ3n) is 2.95. The molecule has 0 aromatic heterocycles. The Hall–Kier alpha value is -2.25. The van der Waals surface area contributed by atoms with Crippen LogP contribution in [0.2, 0.25) is 0 Å². The molecule has 0 fully saturated rings. The first-order valence-corrected chi connectivity index (χ1v) is 6.75. The van der Waals surface area contributed by atoms with Crippen LogP contribution < -0.4 is 9.47 Å². The maximum absolute atomic E-state index is 13.8. The lowest BCUT2D eigenvalue weighted by atomic mass is 10.1. The highest BCUT2D eigenvalue weighted by Crippen LogP contribution is 2.29. The van der Waals surface area contributed by atoms with Gasteiger partial charge in [0.1, 0.15) is 12.4 Å². The van der Waals surface area contributed by atoms with Gasteiger partial charge in [0.05, 0.1) is 18.7 Å². The van der Waals surface area contributed by atoms with Crippen molar-refractivity contribution in [1.29, 1.82) is 5.26 Å². The van der Waals surface area contributed by atoms with Gasteiger partial charge in [0.2, 0.25) is 0 Å². The number of hydrogen-bond donors (Lipinski definition) is 0.